The van der Waals surface area contributed by atoms with Gasteiger partial charge in [-0.05, 0) is 43.7 Å². The van der Waals surface area contributed by atoms with Crippen LogP contribution in [0.15, 0.2) is 48.7 Å². The molecular weight excluding hydrogens is 515 g/mol. The molecule has 0 radical (unpaired) electrons. The number of Topliss-reactive ketones (excluding diaryl/α,β-unsaturated/α-hetero) is 1. The van der Waals surface area contributed by atoms with Gasteiger partial charge in [0.1, 0.15) is 5.60 Å². The molecule has 0 aliphatic rings. The fourth-order valence-electron chi connectivity index (χ4n) is 4.21. The second-order valence-electron chi connectivity index (χ2n) is 9.85. The average Bonchev–Trinajstić information content (AvgIpc) is 3.23. The molecule has 3 rings (SSSR count). The molecule has 0 fully saturated rings. The molecule has 12 heteroatoms. The fourth-order valence-corrected chi connectivity index (χ4v) is 4.21. The first-order valence-electron chi connectivity index (χ1n) is 11.9. The van der Waals surface area contributed by atoms with E-state index in [1.165, 1.54) is 38.9 Å². The second kappa shape index (κ2) is 11.2. The molecule has 0 bridgehead atoms. The van der Waals surface area contributed by atoms with Crippen LogP contribution < -0.4 is 16.0 Å². The van der Waals surface area contributed by atoms with E-state index in [4.69, 9.17) is 10.5 Å². The van der Waals surface area contributed by atoms with Crippen LogP contribution in [0.3, 0.4) is 0 Å². The maximum Gasteiger partial charge on any atom is 0.418 e. The van der Waals surface area contributed by atoms with Gasteiger partial charge in [0, 0.05) is 56.3 Å². The lowest BCUT2D eigenvalue weighted by atomic mass is 9.94. The summed E-state index contributed by atoms with van der Waals surface area (Å²) < 4.78 is 48.4. The van der Waals surface area contributed by atoms with E-state index in [1.807, 2.05) is 0 Å². The third-order valence-corrected chi connectivity index (χ3v) is 5.90. The molecular formula is C27H30F3N5O4. The molecule has 0 aliphatic carbocycles. The lowest BCUT2D eigenvalue weighted by Crippen LogP contribution is -2.34. The maximum absolute atomic E-state index is 13.9. The van der Waals surface area contributed by atoms with Crippen LogP contribution in [-0.2, 0) is 29.2 Å². The molecule has 0 saturated carbocycles. The summed E-state index contributed by atoms with van der Waals surface area (Å²) in [5, 5.41) is 6.56. The van der Waals surface area contributed by atoms with Gasteiger partial charge in [-0.3, -0.25) is 14.3 Å². The number of anilines is 2. The molecule has 0 atom stereocenters. The number of hydrogen-bond donors (Lipinski definition) is 2. The molecule has 0 unspecified atom stereocenters. The van der Waals surface area contributed by atoms with Crippen LogP contribution in [0.1, 0.15) is 41.8 Å². The topological polar surface area (TPSA) is 120 Å². The molecule has 0 aliphatic heterocycles. The minimum absolute atomic E-state index is 0.0643. The van der Waals surface area contributed by atoms with E-state index in [9.17, 15) is 27.6 Å². The molecule has 2 aromatic carbocycles. The minimum Gasteiger partial charge on any atom is -0.443 e. The minimum atomic E-state index is -4.72. The van der Waals surface area contributed by atoms with Crippen LogP contribution in [0.25, 0.3) is 11.3 Å². The number of aromatic nitrogens is 2. The lowest BCUT2D eigenvalue weighted by Gasteiger charge is -2.28. The van der Waals surface area contributed by atoms with Gasteiger partial charge in [-0.1, -0.05) is 18.2 Å². The van der Waals surface area contributed by atoms with Crippen molar-refractivity contribution in [1.82, 2.24) is 9.78 Å². The summed E-state index contributed by atoms with van der Waals surface area (Å²) >= 11 is 0. The Balaban J connectivity index is 1.92. The SMILES string of the molecule is CN(C)c1cc(CC(C)(C)OC(N)=O)c(NC(=O)CC(=O)c2cccc(-c3ccnn3C)c2)cc1C(F)(F)F. The van der Waals surface area contributed by atoms with E-state index in [2.05, 4.69) is 10.4 Å². The number of amides is 2. The van der Waals surface area contributed by atoms with Crippen LogP contribution >= 0.6 is 0 Å². The van der Waals surface area contributed by atoms with Crippen LogP contribution in [0.5, 0.6) is 0 Å². The van der Waals surface area contributed by atoms with Gasteiger partial charge in [0.05, 0.1) is 17.7 Å². The largest absolute Gasteiger partial charge is 0.443 e. The quantitative estimate of drug-likeness (QED) is 0.295. The van der Waals surface area contributed by atoms with Gasteiger partial charge in [-0.15, -0.1) is 0 Å². The predicted molar refractivity (Wildman–Crippen MR) is 140 cm³/mol. The van der Waals surface area contributed by atoms with Crippen molar-refractivity contribution in [1.29, 1.82) is 0 Å². The zero-order chi connectivity index (χ0) is 29.1. The molecule has 3 N–H and O–H groups in total. The Kier molecular flexibility index (Phi) is 8.37. The first-order chi connectivity index (χ1) is 18.1. The molecule has 0 spiro atoms. The number of ether oxygens (including phenoxy) is 1. The number of hydrogen-bond acceptors (Lipinski definition) is 6. The van der Waals surface area contributed by atoms with E-state index < -0.39 is 41.5 Å². The number of rotatable bonds is 9. The monoisotopic (exact) mass is 545 g/mol. The highest BCUT2D eigenvalue weighted by atomic mass is 19.4. The molecule has 9 nitrogen and oxygen atoms in total. The number of nitrogens with zero attached hydrogens (tertiary/aromatic N) is 3. The van der Waals surface area contributed by atoms with Crippen molar-refractivity contribution in [2.75, 3.05) is 24.3 Å². The zero-order valence-electron chi connectivity index (χ0n) is 22.2. The summed E-state index contributed by atoms with van der Waals surface area (Å²) in [4.78, 5) is 38.4. The number of primary amides is 1. The van der Waals surface area contributed by atoms with Gasteiger partial charge in [0.2, 0.25) is 5.91 Å². The predicted octanol–water partition coefficient (Wildman–Crippen LogP) is 4.80. The molecule has 208 valence electrons. The number of carbonyl (C=O) groups excluding carboxylic acids is 3. The summed E-state index contributed by atoms with van der Waals surface area (Å²) in [5.41, 5.74) is 4.67. The highest BCUT2D eigenvalue weighted by Gasteiger charge is 2.36. The Hall–Kier alpha value is -4.35. The molecule has 2 amide bonds. The van der Waals surface area contributed by atoms with Crippen LogP contribution in [0.4, 0.5) is 29.3 Å². The number of halogens is 3. The van der Waals surface area contributed by atoms with Crippen molar-refractivity contribution < 1.29 is 32.3 Å². The number of nitrogens with one attached hydrogen (secondary N) is 1. The number of alkyl halides is 3. The standard InChI is InChI=1S/C27H30F3N5O4/c1-26(2,39-25(31)38)15-18-12-22(34(3)4)19(27(28,29)30)13-20(18)33-24(37)14-23(36)17-8-6-7-16(11-17)21-9-10-32-35(21)5/h6-13H,14-15H2,1-5H3,(H2,31,38)(H,33,37). The van der Waals surface area contributed by atoms with Crippen molar-refractivity contribution in [2.45, 2.75) is 38.5 Å². The van der Waals surface area contributed by atoms with Crippen LogP contribution in [0.2, 0.25) is 0 Å². The van der Waals surface area contributed by atoms with Gasteiger partial charge in [-0.2, -0.15) is 18.3 Å². The number of nitrogens with two attached hydrogens (primary N) is 1. The third-order valence-electron chi connectivity index (χ3n) is 5.90. The van der Waals surface area contributed by atoms with Crippen molar-refractivity contribution in [3.8, 4) is 11.3 Å². The summed E-state index contributed by atoms with van der Waals surface area (Å²) in [7, 11) is 4.66. The van der Waals surface area contributed by atoms with Crippen molar-refractivity contribution in [2.24, 2.45) is 12.8 Å². The Morgan fingerprint density at radius 1 is 1.10 bits per heavy atom. The average molecular weight is 546 g/mol. The number of aryl methyl sites for hydroxylation is 1. The Morgan fingerprint density at radius 3 is 2.36 bits per heavy atom. The maximum atomic E-state index is 13.9. The van der Waals surface area contributed by atoms with E-state index in [1.54, 1.807) is 48.3 Å². The fraction of sp³-hybridized carbons (Fsp3) is 0.333. The highest BCUT2D eigenvalue weighted by Crippen LogP contribution is 2.40. The first-order valence-corrected chi connectivity index (χ1v) is 11.9. The van der Waals surface area contributed by atoms with E-state index in [-0.39, 0.29) is 28.9 Å². The van der Waals surface area contributed by atoms with Crippen LogP contribution in [-0.4, -0.2) is 47.3 Å². The summed E-state index contributed by atoms with van der Waals surface area (Å²) in [5.74, 6) is -1.32. The summed E-state index contributed by atoms with van der Waals surface area (Å²) in [6.45, 7) is 3.07. The van der Waals surface area contributed by atoms with Gasteiger partial charge >= 0.3 is 12.3 Å². The normalized spacial score (nSPS) is 11.7. The zero-order valence-corrected chi connectivity index (χ0v) is 22.2. The number of carbonyl (C=O) groups is 3. The lowest BCUT2D eigenvalue weighted by molar-refractivity contribution is -0.137. The van der Waals surface area contributed by atoms with Crippen molar-refractivity contribution in [3.05, 3.63) is 65.4 Å². The Bertz CT molecular complexity index is 1400. The van der Waals surface area contributed by atoms with Gasteiger partial charge in [0.15, 0.2) is 5.78 Å². The van der Waals surface area contributed by atoms with E-state index in [0.29, 0.717) is 5.56 Å². The smallest absolute Gasteiger partial charge is 0.418 e. The van der Waals surface area contributed by atoms with Gasteiger partial charge in [-0.25, -0.2) is 4.79 Å². The van der Waals surface area contributed by atoms with E-state index >= 15 is 0 Å². The number of benzene rings is 2. The van der Waals surface area contributed by atoms with Gasteiger partial charge < -0.3 is 20.7 Å². The Morgan fingerprint density at radius 2 is 1.79 bits per heavy atom. The summed E-state index contributed by atoms with van der Waals surface area (Å²) in [6.07, 6.45) is -4.83. The van der Waals surface area contributed by atoms with Gasteiger partial charge in [0.25, 0.3) is 0 Å². The van der Waals surface area contributed by atoms with Crippen molar-refractivity contribution >= 4 is 29.2 Å². The number of ketones is 1. The molecule has 1 aromatic heterocycles. The second-order valence-corrected chi connectivity index (χ2v) is 9.85. The molecule has 3 aromatic rings. The highest BCUT2D eigenvalue weighted by molar-refractivity contribution is 6.11. The van der Waals surface area contributed by atoms with Crippen molar-refractivity contribution in [3.63, 3.8) is 0 Å². The molecule has 0 saturated heterocycles. The molecule has 1 heterocycles. The molecule has 39 heavy (non-hydrogen) atoms. The van der Waals surface area contributed by atoms with E-state index in [0.717, 1.165) is 11.8 Å². The third kappa shape index (κ3) is 7.37. The summed E-state index contributed by atoms with van der Waals surface area (Å²) in [6, 6.07) is 10.5. The Labute approximate surface area is 223 Å². The van der Waals surface area contributed by atoms with Crippen LogP contribution in [0, 0.1) is 0 Å². The first kappa shape index (κ1) is 29.2.